The number of aromatic nitrogens is 1. The molecular weight excluding hydrogens is 295 g/mol. The molecule has 5 nitrogen and oxygen atoms in total. The third kappa shape index (κ3) is 2.73. The second-order valence-electron chi connectivity index (χ2n) is 4.59. The summed E-state index contributed by atoms with van der Waals surface area (Å²) in [6.07, 6.45) is 0. The molecule has 0 aliphatic rings. The normalized spacial score (nSPS) is 11.9. The van der Waals surface area contributed by atoms with E-state index in [9.17, 15) is 12.8 Å². The minimum absolute atomic E-state index is 0.310. The summed E-state index contributed by atoms with van der Waals surface area (Å²) in [5, 5.41) is -0.368. The molecule has 7 heteroatoms. The number of hydrogen-bond acceptors (Lipinski definition) is 5. The molecular formula is C14H11FN2O3S. The molecule has 1 aromatic heterocycles. The van der Waals surface area contributed by atoms with Crippen LogP contribution in [-0.4, -0.2) is 13.4 Å². The minimum atomic E-state index is -3.74. The van der Waals surface area contributed by atoms with Gasteiger partial charge in [0.05, 0.1) is 5.75 Å². The molecule has 0 spiro atoms. The number of nitrogen functional groups attached to an aromatic ring is 1. The highest BCUT2D eigenvalue weighted by Gasteiger charge is 2.22. The maximum absolute atomic E-state index is 12.8. The average molecular weight is 306 g/mol. The molecule has 0 bridgehead atoms. The molecule has 0 fully saturated rings. The lowest BCUT2D eigenvalue weighted by atomic mass is 10.2. The van der Waals surface area contributed by atoms with Crippen molar-refractivity contribution < 1.29 is 17.2 Å². The van der Waals surface area contributed by atoms with Crippen LogP contribution in [0.25, 0.3) is 11.1 Å². The largest absolute Gasteiger partial charge is 0.428 e. The van der Waals surface area contributed by atoms with Crippen LogP contribution in [0, 0.1) is 5.82 Å². The van der Waals surface area contributed by atoms with Crippen molar-refractivity contribution in [3.05, 3.63) is 53.8 Å². The van der Waals surface area contributed by atoms with Crippen LogP contribution in [0.4, 0.5) is 10.1 Å². The summed E-state index contributed by atoms with van der Waals surface area (Å²) in [4.78, 5) is 3.95. The van der Waals surface area contributed by atoms with Crippen molar-refractivity contribution in [2.75, 3.05) is 5.73 Å². The molecule has 0 saturated carbocycles. The topological polar surface area (TPSA) is 86.2 Å². The van der Waals surface area contributed by atoms with E-state index in [1.807, 2.05) is 0 Å². The molecule has 0 aliphatic heterocycles. The predicted molar refractivity (Wildman–Crippen MR) is 75.7 cm³/mol. The third-order valence-corrected chi connectivity index (χ3v) is 4.35. The third-order valence-electron chi connectivity index (χ3n) is 2.93. The smallest absolute Gasteiger partial charge is 0.316 e. The molecule has 2 aromatic carbocycles. The van der Waals surface area contributed by atoms with E-state index in [4.69, 9.17) is 10.2 Å². The van der Waals surface area contributed by atoms with Gasteiger partial charge in [0, 0.05) is 5.69 Å². The van der Waals surface area contributed by atoms with Crippen molar-refractivity contribution in [2.45, 2.75) is 11.0 Å². The average Bonchev–Trinajstić information content (AvgIpc) is 2.85. The van der Waals surface area contributed by atoms with Crippen LogP contribution < -0.4 is 5.73 Å². The Morgan fingerprint density at radius 3 is 2.57 bits per heavy atom. The quantitative estimate of drug-likeness (QED) is 0.751. The summed E-state index contributed by atoms with van der Waals surface area (Å²) >= 11 is 0. The van der Waals surface area contributed by atoms with Crippen molar-refractivity contribution >= 4 is 26.6 Å². The molecule has 2 N–H and O–H groups in total. The van der Waals surface area contributed by atoms with Crippen LogP contribution in [-0.2, 0) is 15.6 Å². The van der Waals surface area contributed by atoms with Crippen molar-refractivity contribution in [1.29, 1.82) is 0 Å². The summed E-state index contributed by atoms with van der Waals surface area (Å²) in [5.74, 6) is -0.733. The molecule has 0 unspecified atom stereocenters. The minimum Gasteiger partial charge on any atom is -0.428 e. The highest BCUT2D eigenvalue weighted by atomic mass is 32.2. The van der Waals surface area contributed by atoms with Crippen molar-refractivity contribution in [3.63, 3.8) is 0 Å². The summed E-state index contributed by atoms with van der Waals surface area (Å²) in [6, 6.07) is 9.94. The monoisotopic (exact) mass is 306 g/mol. The Bertz CT molecular complexity index is 902. The van der Waals surface area contributed by atoms with E-state index in [1.165, 1.54) is 30.3 Å². The second kappa shape index (κ2) is 4.85. The van der Waals surface area contributed by atoms with Gasteiger partial charge in [-0.25, -0.2) is 12.8 Å². The van der Waals surface area contributed by atoms with Gasteiger partial charge in [0.25, 0.3) is 0 Å². The maximum Gasteiger partial charge on any atom is 0.316 e. The molecule has 1 heterocycles. The number of sulfone groups is 1. The van der Waals surface area contributed by atoms with Crippen LogP contribution in [0.2, 0.25) is 0 Å². The van der Waals surface area contributed by atoms with Crippen LogP contribution in [0.5, 0.6) is 0 Å². The van der Waals surface area contributed by atoms with Crippen LogP contribution in [0.1, 0.15) is 5.56 Å². The molecule has 3 aromatic rings. The fourth-order valence-electron chi connectivity index (χ4n) is 1.92. The molecule has 0 aliphatic carbocycles. The SMILES string of the molecule is Nc1ccc2oc(S(=O)(=O)Cc3ccc(F)cc3)nc2c1. The lowest BCUT2D eigenvalue weighted by Gasteiger charge is -2.00. The first-order chi connectivity index (χ1) is 9.94. The molecule has 0 saturated heterocycles. The zero-order valence-electron chi connectivity index (χ0n) is 10.8. The van der Waals surface area contributed by atoms with Crippen molar-refractivity contribution in [1.82, 2.24) is 4.98 Å². The van der Waals surface area contributed by atoms with Gasteiger partial charge in [-0.2, -0.15) is 4.98 Å². The van der Waals surface area contributed by atoms with E-state index in [2.05, 4.69) is 4.98 Å². The summed E-state index contributed by atoms with van der Waals surface area (Å²) < 4.78 is 42.6. The fourth-order valence-corrected chi connectivity index (χ4v) is 3.13. The number of hydrogen-bond donors (Lipinski definition) is 1. The molecule has 0 amide bonds. The van der Waals surface area contributed by atoms with Gasteiger partial charge >= 0.3 is 5.22 Å². The molecule has 21 heavy (non-hydrogen) atoms. The highest BCUT2D eigenvalue weighted by molar-refractivity contribution is 7.90. The highest BCUT2D eigenvalue weighted by Crippen LogP contribution is 2.23. The number of benzene rings is 2. The van der Waals surface area contributed by atoms with E-state index in [0.29, 0.717) is 22.4 Å². The fraction of sp³-hybridized carbons (Fsp3) is 0.0714. The Hall–Kier alpha value is -2.41. The second-order valence-corrected chi connectivity index (χ2v) is 6.46. The molecule has 108 valence electrons. The van der Waals surface area contributed by atoms with Gasteiger partial charge < -0.3 is 10.2 Å². The standard InChI is InChI=1S/C14H11FN2O3S/c15-10-3-1-9(2-4-10)8-21(18,19)14-17-12-7-11(16)5-6-13(12)20-14/h1-7H,8,16H2. The predicted octanol–water partition coefficient (Wildman–Crippen LogP) is 2.52. The first-order valence-corrected chi connectivity index (χ1v) is 7.72. The van der Waals surface area contributed by atoms with E-state index < -0.39 is 15.7 Å². The first kappa shape index (κ1) is 13.6. The Kier molecular flexibility index (Phi) is 3.13. The number of rotatable bonds is 3. The summed E-state index contributed by atoms with van der Waals surface area (Å²) in [7, 11) is -3.74. The van der Waals surface area contributed by atoms with Crippen molar-refractivity contribution in [2.24, 2.45) is 0 Å². The van der Waals surface area contributed by atoms with E-state index in [0.717, 1.165) is 0 Å². The molecule has 0 radical (unpaired) electrons. The number of halogens is 1. The van der Waals surface area contributed by atoms with E-state index in [-0.39, 0.29) is 11.0 Å². The van der Waals surface area contributed by atoms with Gasteiger partial charge in [0.15, 0.2) is 5.58 Å². The van der Waals surface area contributed by atoms with Crippen LogP contribution >= 0.6 is 0 Å². The number of oxazole rings is 1. The van der Waals surface area contributed by atoms with Gasteiger partial charge in [0.2, 0.25) is 9.84 Å². The maximum atomic E-state index is 12.8. The van der Waals surface area contributed by atoms with E-state index in [1.54, 1.807) is 12.1 Å². The van der Waals surface area contributed by atoms with Crippen LogP contribution in [0.15, 0.2) is 52.1 Å². The Balaban J connectivity index is 1.97. The Morgan fingerprint density at radius 2 is 1.86 bits per heavy atom. The Labute approximate surface area is 120 Å². The Morgan fingerprint density at radius 1 is 1.14 bits per heavy atom. The van der Waals surface area contributed by atoms with Gasteiger partial charge in [0.1, 0.15) is 11.3 Å². The number of nitrogens with two attached hydrogens (primary N) is 1. The zero-order chi connectivity index (χ0) is 15.0. The van der Waals surface area contributed by atoms with E-state index >= 15 is 0 Å². The lowest BCUT2D eigenvalue weighted by molar-refractivity contribution is 0.458. The van der Waals surface area contributed by atoms with Crippen LogP contribution in [0.3, 0.4) is 0 Å². The number of fused-ring (bicyclic) bond motifs is 1. The summed E-state index contributed by atoms with van der Waals surface area (Å²) in [6.45, 7) is 0. The van der Waals surface area contributed by atoms with Gasteiger partial charge in [-0.15, -0.1) is 0 Å². The molecule has 0 atom stereocenters. The van der Waals surface area contributed by atoms with Crippen molar-refractivity contribution in [3.8, 4) is 0 Å². The first-order valence-electron chi connectivity index (χ1n) is 6.07. The number of nitrogens with zero attached hydrogens (tertiary/aromatic N) is 1. The molecule has 3 rings (SSSR count). The zero-order valence-corrected chi connectivity index (χ0v) is 11.6. The van der Waals surface area contributed by atoms with Gasteiger partial charge in [-0.1, -0.05) is 12.1 Å². The number of anilines is 1. The van der Waals surface area contributed by atoms with Gasteiger partial charge in [-0.05, 0) is 35.9 Å². The summed E-state index contributed by atoms with van der Waals surface area (Å²) in [5.41, 5.74) is 7.27. The lowest BCUT2D eigenvalue weighted by Crippen LogP contribution is -2.05. The van der Waals surface area contributed by atoms with Gasteiger partial charge in [-0.3, -0.25) is 0 Å².